The SMILES string of the molecule is CCNC(=NCc1ccc(OC)cc1OC)NCCCN1C(=O)COc2ccccc21.I. The Morgan fingerprint density at radius 3 is 2.72 bits per heavy atom. The fraction of sp³-hybridized carbons (Fsp3) is 0.391. The van der Waals surface area contributed by atoms with Crippen LogP contribution in [-0.2, 0) is 11.3 Å². The molecule has 0 saturated carbocycles. The molecule has 0 atom stereocenters. The first-order valence-electron chi connectivity index (χ1n) is 10.4. The van der Waals surface area contributed by atoms with Crippen molar-refractivity contribution in [3.63, 3.8) is 0 Å². The third kappa shape index (κ3) is 6.65. The van der Waals surface area contributed by atoms with E-state index < -0.39 is 0 Å². The Morgan fingerprint density at radius 1 is 1.16 bits per heavy atom. The van der Waals surface area contributed by atoms with Crippen LogP contribution >= 0.6 is 24.0 Å². The number of para-hydroxylation sites is 2. The van der Waals surface area contributed by atoms with Gasteiger partial charge in [-0.15, -0.1) is 24.0 Å². The van der Waals surface area contributed by atoms with Crippen molar-refractivity contribution in [3.05, 3.63) is 48.0 Å². The zero-order valence-electron chi connectivity index (χ0n) is 18.7. The van der Waals surface area contributed by atoms with Gasteiger partial charge in [-0.05, 0) is 37.6 Å². The molecule has 0 radical (unpaired) electrons. The number of aliphatic imine (C=N–C) groups is 1. The van der Waals surface area contributed by atoms with Crippen molar-refractivity contribution in [1.29, 1.82) is 0 Å². The Labute approximate surface area is 206 Å². The van der Waals surface area contributed by atoms with E-state index in [1.807, 2.05) is 49.4 Å². The average Bonchev–Trinajstić information content (AvgIpc) is 2.81. The summed E-state index contributed by atoms with van der Waals surface area (Å²) in [6.45, 7) is 4.61. The summed E-state index contributed by atoms with van der Waals surface area (Å²) in [5.74, 6) is 2.93. The van der Waals surface area contributed by atoms with Crippen LogP contribution in [0.3, 0.4) is 0 Å². The third-order valence-electron chi connectivity index (χ3n) is 4.91. The topological polar surface area (TPSA) is 84.4 Å². The molecule has 1 aliphatic heterocycles. The minimum Gasteiger partial charge on any atom is -0.497 e. The minimum absolute atomic E-state index is 0. The van der Waals surface area contributed by atoms with Gasteiger partial charge in [0.15, 0.2) is 12.6 Å². The Bertz CT molecular complexity index is 923. The van der Waals surface area contributed by atoms with Crippen LogP contribution in [-0.4, -0.2) is 52.3 Å². The first kappa shape index (κ1) is 25.6. The summed E-state index contributed by atoms with van der Waals surface area (Å²) in [6, 6.07) is 13.3. The second-order valence-electron chi connectivity index (χ2n) is 6.96. The number of methoxy groups -OCH3 is 2. The van der Waals surface area contributed by atoms with Crippen molar-refractivity contribution < 1.29 is 19.0 Å². The van der Waals surface area contributed by atoms with Gasteiger partial charge >= 0.3 is 0 Å². The number of nitrogens with zero attached hydrogens (tertiary/aromatic N) is 2. The third-order valence-corrected chi connectivity index (χ3v) is 4.91. The van der Waals surface area contributed by atoms with Crippen molar-refractivity contribution in [2.24, 2.45) is 4.99 Å². The van der Waals surface area contributed by atoms with E-state index in [9.17, 15) is 4.79 Å². The molecule has 2 N–H and O–H groups in total. The number of anilines is 1. The van der Waals surface area contributed by atoms with Gasteiger partial charge in [-0.25, -0.2) is 4.99 Å². The van der Waals surface area contributed by atoms with Gasteiger partial charge in [0.25, 0.3) is 5.91 Å². The monoisotopic (exact) mass is 554 g/mol. The molecule has 0 saturated heterocycles. The van der Waals surface area contributed by atoms with Gasteiger partial charge in [-0.1, -0.05) is 12.1 Å². The lowest BCUT2D eigenvalue weighted by atomic mass is 10.2. The minimum atomic E-state index is -0.0223. The molecule has 0 fully saturated rings. The van der Waals surface area contributed by atoms with Crippen LogP contribution in [0.25, 0.3) is 0 Å². The highest BCUT2D eigenvalue weighted by Crippen LogP contribution is 2.31. The number of halogens is 1. The number of carbonyl (C=O) groups is 1. The van der Waals surface area contributed by atoms with Crippen LogP contribution in [0.5, 0.6) is 17.2 Å². The van der Waals surface area contributed by atoms with E-state index >= 15 is 0 Å². The maximum atomic E-state index is 12.3. The summed E-state index contributed by atoms with van der Waals surface area (Å²) < 4.78 is 16.2. The molecule has 2 aromatic carbocycles. The molecule has 0 aromatic heterocycles. The fourth-order valence-electron chi connectivity index (χ4n) is 3.33. The molecular formula is C23H31IN4O4. The summed E-state index contributed by atoms with van der Waals surface area (Å²) >= 11 is 0. The summed E-state index contributed by atoms with van der Waals surface area (Å²) in [5.41, 5.74) is 1.79. The maximum absolute atomic E-state index is 12.3. The lowest BCUT2D eigenvalue weighted by Crippen LogP contribution is -2.42. The summed E-state index contributed by atoms with van der Waals surface area (Å²) in [4.78, 5) is 18.7. The summed E-state index contributed by atoms with van der Waals surface area (Å²) in [6.07, 6.45) is 0.774. The summed E-state index contributed by atoms with van der Waals surface area (Å²) in [7, 11) is 3.26. The standard InChI is InChI=1S/C23H30N4O4.HI/c1-4-24-23(26-15-17-10-11-18(29-2)14-21(17)30-3)25-12-7-13-27-19-8-5-6-9-20(19)31-16-22(27)28;/h5-6,8-11,14H,4,7,12-13,15-16H2,1-3H3,(H2,24,25,26);1H. The van der Waals surface area contributed by atoms with Crippen LogP contribution in [0.15, 0.2) is 47.5 Å². The molecule has 0 unspecified atom stereocenters. The lowest BCUT2D eigenvalue weighted by molar-refractivity contribution is -0.121. The highest BCUT2D eigenvalue weighted by molar-refractivity contribution is 14.0. The zero-order valence-corrected chi connectivity index (χ0v) is 21.1. The first-order valence-corrected chi connectivity index (χ1v) is 10.4. The van der Waals surface area contributed by atoms with Gasteiger partial charge in [0.2, 0.25) is 0 Å². The predicted molar refractivity (Wildman–Crippen MR) is 137 cm³/mol. The molecule has 1 aliphatic rings. The number of carbonyl (C=O) groups excluding carboxylic acids is 1. The number of fused-ring (bicyclic) bond motifs is 1. The van der Waals surface area contributed by atoms with Gasteiger partial charge in [-0.2, -0.15) is 0 Å². The molecule has 174 valence electrons. The molecule has 8 nitrogen and oxygen atoms in total. The van der Waals surface area contributed by atoms with E-state index in [0.29, 0.717) is 25.6 Å². The van der Waals surface area contributed by atoms with Crippen LogP contribution in [0.4, 0.5) is 5.69 Å². The Kier molecular flexibility index (Phi) is 10.4. The van der Waals surface area contributed by atoms with E-state index in [1.54, 1.807) is 19.1 Å². The number of hydrogen-bond acceptors (Lipinski definition) is 5. The van der Waals surface area contributed by atoms with E-state index in [4.69, 9.17) is 14.2 Å². The number of ether oxygens (including phenoxy) is 3. The Balaban J connectivity index is 0.00000363. The van der Waals surface area contributed by atoms with Crippen LogP contribution in [0.2, 0.25) is 0 Å². The van der Waals surface area contributed by atoms with E-state index in [1.165, 1.54) is 0 Å². The van der Waals surface area contributed by atoms with Gasteiger partial charge in [-0.3, -0.25) is 4.79 Å². The normalized spacial score (nSPS) is 12.9. The first-order chi connectivity index (χ1) is 15.2. The van der Waals surface area contributed by atoms with Gasteiger partial charge in [0.1, 0.15) is 17.2 Å². The smallest absolute Gasteiger partial charge is 0.265 e. The highest BCUT2D eigenvalue weighted by atomic mass is 127. The number of guanidine groups is 1. The number of benzene rings is 2. The molecule has 3 rings (SSSR count). The van der Waals surface area contributed by atoms with E-state index in [-0.39, 0.29) is 36.5 Å². The van der Waals surface area contributed by atoms with Gasteiger partial charge in [0, 0.05) is 31.3 Å². The molecule has 1 heterocycles. The second-order valence-corrected chi connectivity index (χ2v) is 6.96. The second kappa shape index (κ2) is 13.0. The maximum Gasteiger partial charge on any atom is 0.265 e. The number of hydrogen-bond donors (Lipinski definition) is 2. The van der Waals surface area contributed by atoms with E-state index in [0.717, 1.165) is 41.5 Å². The summed E-state index contributed by atoms with van der Waals surface area (Å²) in [5, 5.41) is 6.58. The average molecular weight is 554 g/mol. The zero-order chi connectivity index (χ0) is 22.1. The van der Waals surface area contributed by atoms with Crippen molar-refractivity contribution in [2.75, 3.05) is 45.4 Å². The van der Waals surface area contributed by atoms with Crippen molar-refractivity contribution >= 4 is 41.5 Å². The van der Waals surface area contributed by atoms with Crippen molar-refractivity contribution in [3.8, 4) is 17.2 Å². The van der Waals surface area contributed by atoms with Crippen molar-refractivity contribution in [2.45, 2.75) is 19.9 Å². The van der Waals surface area contributed by atoms with E-state index in [2.05, 4.69) is 15.6 Å². The molecule has 1 amide bonds. The van der Waals surface area contributed by atoms with Crippen LogP contribution in [0, 0.1) is 0 Å². The van der Waals surface area contributed by atoms with Crippen LogP contribution < -0.4 is 29.7 Å². The molecule has 0 bridgehead atoms. The van der Waals surface area contributed by atoms with Crippen LogP contribution in [0.1, 0.15) is 18.9 Å². The number of nitrogens with one attached hydrogen (secondary N) is 2. The molecular weight excluding hydrogens is 523 g/mol. The molecule has 2 aromatic rings. The molecule has 0 aliphatic carbocycles. The number of rotatable bonds is 9. The number of amides is 1. The Morgan fingerprint density at radius 2 is 1.97 bits per heavy atom. The van der Waals surface area contributed by atoms with Gasteiger partial charge < -0.3 is 29.7 Å². The van der Waals surface area contributed by atoms with Gasteiger partial charge in [0.05, 0.1) is 26.5 Å². The lowest BCUT2D eigenvalue weighted by Gasteiger charge is -2.29. The quantitative estimate of drug-likeness (QED) is 0.215. The predicted octanol–water partition coefficient (Wildman–Crippen LogP) is 3.19. The molecule has 9 heteroatoms. The highest BCUT2D eigenvalue weighted by Gasteiger charge is 2.24. The largest absolute Gasteiger partial charge is 0.497 e. The molecule has 0 spiro atoms. The van der Waals surface area contributed by atoms with Crippen molar-refractivity contribution in [1.82, 2.24) is 10.6 Å². The fourth-order valence-corrected chi connectivity index (χ4v) is 3.33. The Hall–Kier alpha value is -2.69. The molecule has 32 heavy (non-hydrogen) atoms.